The predicted octanol–water partition coefficient (Wildman–Crippen LogP) is 3.08. The van der Waals surface area contributed by atoms with Gasteiger partial charge in [-0.3, -0.25) is 0 Å². The van der Waals surface area contributed by atoms with Crippen LogP contribution in [0.5, 0.6) is 0 Å². The molecule has 1 aliphatic rings. The fourth-order valence-corrected chi connectivity index (χ4v) is 4.55. The molecule has 144 valence electrons. The molecule has 1 fully saturated rings. The Kier molecular flexibility index (Phi) is 5.79. The highest BCUT2D eigenvalue weighted by Gasteiger charge is 2.38. The first kappa shape index (κ1) is 20.1. The first-order valence-corrected chi connectivity index (χ1v) is 10.5. The lowest BCUT2D eigenvalue weighted by molar-refractivity contribution is -0.0378. The van der Waals surface area contributed by atoms with Gasteiger partial charge in [-0.05, 0) is 30.8 Å². The van der Waals surface area contributed by atoms with E-state index in [0.29, 0.717) is 25.9 Å². The van der Waals surface area contributed by atoms with E-state index in [4.69, 9.17) is 33.1 Å². The Balaban J connectivity index is 2.00. The summed E-state index contributed by atoms with van der Waals surface area (Å²) >= 11 is 12.0. The highest BCUT2D eigenvalue weighted by Crippen LogP contribution is 2.37. The zero-order valence-electron chi connectivity index (χ0n) is 14.2. The zero-order chi connectivity index (χ0) is 19.7. The second-order valence-electron chi connectivity index (χ2n) is 6.31. The van der Waals surface area contributed by atoms with Crippen molar-refractivity contribution in [3.8, 4) is 0 Å². The summed E-state index contributed by atoms with van der Waals surface area (Å²) in [5.41, 5.74) is -0.0514. The second-order valence-corrected chi connectivity index (χ2v) is 8.65. The minimum Gasteiger partial charge on any atom is -0.450 e. The Hall–Kier alpha value is -1.64. The summed E-state index contributed by atoms with van der Waals surface area (Å²) in [5.74, 6) is -0.729. The van der Waals surface area contributed by atoms with Crippen molar-refractivity contribution in [2.45, 2.75) is 23.3 Å². The van der Waals surface area contributed by atoms with Gasteiger partial charge in [0.1, 0.15) is 10.5 Å². The average Bonchev–Trinajstić information content (AvgIpc) is 2.62. The van der Waals surface area contributed by atoms with Gasteiger partial charge in [-0.25, -0.2) is 18.4 Å². The van der Waals surface area contributed by atoms with Gasteiger partial charge in [0.15, 0.2) is 0 Å². The maximum Gasteiger partial charge on any atom is 0.340 e. The number of benzene rings is 2. The van der Waals surface area contributed by atoms with E-state index in [1.54, 1.807) is 0 Å². The van der Waals surface area contributed by atoms with Crippen LogP contribution in [-0.4, -0.2) is 27.5 Å². The highest BCUT2D eigenvalue weighted by molar-refractivity contribution is 7.89. The van der Waals surface area contributed by atoms with Crippen molar-refractivity contribution in [1.82, 2.24) is 5.32 Å². The smallest absolute Gasteiger partial charge is 0.340 e. The van der Waals surface area contributed by atoms with Crippen LogP contribution in [0.2, 0.25) is 10.0 Å². The van der Waals surface area contributed by atoms with Crippen molar-refractivity contribution < 1.29 is 17.9 Å². The van der Waals surface area contributed by atoms with Crippen LogP contribution in [0, 0.1) is 0 Å². The third-order valence-corrected chi connectivity index (χ3v) is 6.24. The van der Waals surface area contributed by atoms with Crippen molar-refractivity contribution in [2.24, 2.45) is 5.14 Å². The second kappa shape index (κ2) is 7.77. The highest BCUT2D eigenvalue weighted by atomic mass is 35.5. The molecule has 3 rings (SSSR count). The molecule has 0 bridgehead atoms. The van der Waals surface area contributed by atoms with Gasteiger partial charge in [0.05, 0.1) is 15.6 Å². The van der Waals surface area contributed by atoms with Crippen LogP contribution in [0.25, 0.3) is 0 Å². The molecule has 0 aliphatic carbocycles. The molecule has 0 aromatic heterocycles. The van der Waals surface area contributed by atoms with Crippen LogP contribution in [0.1, 0.15) is 28.8 Å². The normalized spacial score (nSPS) is 16.7. The number of nitrogens with one attached hydrogen (secondary N) is 1. The number of carbonyl (C=O) groups excluding carboxylic acids is 1. The lowest BCUT2D eigenvalue weighted by Crippen LogP contribution is -2.43. The Morgan fingerprint density at radius 3 is 2.30 bits per heavy atom. The number of primary sulfonamides is 1. The maximum absolute atomic E-state index is 12.9. The molecule has 2 aromatic rings. The van der Waals surface area contributed by atoms with Crippen LogP contribution in [0.3, 0.4) is 0 Å². The molecule has 1 aliphatic heterocycles. The number of piperidine rings is 1. The van der Waals surface area contributed by atoms with E-state index in [0.717, 1.165) is 11.6 Å². The summed E-state index contributed by atoms with van der Waals surface area (Å²) in [4.78, 5) is 12.5. The van der Waals surface area contributed by atoms with Gasteiger partial charge in [-0.1, -0.05) is 53.5 Å². The molecule has 0 atom stereocenters. The SMILES string of the molecule is NS(=O)(=O)c1cc(C(=O)OC2(c3ccccc3)CCNCC2)c(Cl)cc1Cl. The molecule has 27 heavy (non-hydrogen) atoms. The van der Waals surface area contributed by atoms with Gasteiger partial charge in [-0.2, -0.15) is 0 Å². The number of rotatable bonds is 4. The standard InChI is InChI=1S/C18H18Cl2N2O4S/c19-14-11-15(20)16(27(21,24)25)10-13(14)17(23)26-18(6-8-22-9-7-18)12-4-2-1-3-5-12/h1-5,10-11,22H,6-9H2,(H2,21,24,25). The topological polar surface area (TPSA) is 98.5 Å². The molecule has 3 N–H and O–H groups in total. The molecule has 0 amide bonds. The van der Waals surface area contributed by atoms with Crippen molar-refractivity contribution >= 4 is 39.2 Å². The Labute approximate surface area is 167 Å². The Bertz CT molecular complexity index is 959. The Morgan fingerprint density at radius 1 is 1.07 bits per heavy atom. The summed E-state index contributed by atoms with van der Waals surface area (Å²) in [6.07, 6.45) is 1.16. The van der Waals surface area contributed by atoms with Crippen molar-refractivity contribution in [3.63, 3.8) is 0 Å². The van der Waals surface area contributed by atoms with Gasteiger partial charge >= 0.3 is 5.97 Å². The first-order chi connectivity index (χ1) is 12.7. The molecular formula is C18H18Cl2N2O4S. The number of sulfonamides is 1. The largest absolute Gasteiger partial charge is 0.450 e. The van der Waals surface area contributed by atoms with Crippen molar-refractivity contribution in [2.75, 3.05) is 13.1 Å². The van der Waals surface area contributed by atoms with E-state index in [-0.39, 0.29) is 20.5 Å². The van der Waals surface area contributed by atoms with Gasteiger partial charge in [-0.15, -0.1) is 0 Å². The van der Waals surface area contributed by atoms with Crippen LogP contribution in [0.4, 0.5) is 0 Å². The quantitative estimate of drug-likeness (QED) is 0.728. The number of nitrogens with two attached hydrogens (primary N) is 1. The molecule has 0 radical (unpaired) electrons. The first-order valence-electron chi connectivity index (χ1n) is 8.24. The fourth-order valence-electron chi connectivity index (χ4n) is 3.16. The molecule has 2 aromatic carbocycles. The van der Waals surface area contributed by atoms with E-state index < -0.39 is 21.6 Å². The fraction of sp³-hybridized carbons (Fsp3) is 0.278. The Morgan fingerprint density at radius 2 is 1.70 bits per heavy atom. The number of ether oxygens (including phenoxy) is 1. The monoisotopic (exact) mass is 428 g/mol. The van der Waals surface area contributed by atoms with Crippen LogP contribution in [-0.2, 0) is 20.4 Å². The van der Waals surface area contributed by atoms with Crippen LogP contribution >= 0.6 is 23.2 Å². The summed E-state index contributed by atoms with van der Waals surface area (Å²) in [6, 6.07) is 11.7. The molecule has 0 saturated carbocycles. The number of halogens is 2. The van der Waals surface area contributed by atoms with E-state index in [2.05, 4.69) is 5.32 Å². The predicted molar refractivity (Wildman–Crippen MR) is 103 cm³/mol. The van der Waals surface area contributed by atoms with E-state index >= 15 is 0 Å². The molecular weight excluding hydrogens is 411 g/mol. The molecule has 1 saturated heterocycles. The average molecular weight is 429 g/mol. The number of hydrogen-bond acceptors (Lipinski definition) is 5. The molecule has 0 spiro atoms. The lowest BCUT2D eigenvalue weighted by Gasteiger charge is -2.37. The molecule has 0 unspecified atom stereocenters. The minimum atomic E-state index is -4.12. The molecule has 9 heteroatoms. The zero-order valence-corrected chi connectivity index (χ0v) is 16.6. The van der Waals surface area contributed by atoms with Crippen molar-refractivity contribution in [3.05, 3.63) is 63.6 Å². The van der Waals surface area contributed by atoms with Crippen molar-refractivity contribution in [1.29, 1.82) is 0 Å². The van der Waals surface area contributed by atoms with E-state index in [1.165, 1.54) is 6.07 Å². The van der Waals surface area contributed by atoms with Gasteiger partial charge in [0, 0.05) is 12.8 Å². The van der Waals surface area contributed by atoms with Gasteiger partial charge in [0.2, 0.25) is 10.0 Å². The number of esters is 1. The number of hydrogen-bond donors (Lipinski definition) is 2. The summed E-state index contributed by atoms with van der Waals surface area (Å²) in [6.45, 7) is 1.36. The van der Waals surface area contributed by atoms with Crippen LogP contribution < -0.4 is 10.5 Å². The minimum absolute atomic E-state index is 0.00505. The molecule has 1 heterocycles. The van der Waals surface area contributed by atoms with Crippen LogP contribution in [0.15, 0.2) is 47.4 Å². The summed E-state index contributed by atoms with van der Waals surface area (Å²) < 4.78 is 29.3. The lowest BCUT2D eigenvalue weighted by atomic mass is 9.84. The summed E-state index contributed by atoms with van der Waals surface area (Å²) in [5, 5.41) is 8.24. The van der Waals surface area contributed by atoms with Gasteiger partial charge < -0.3 is 10.1 Å². The summed E-state index contributed by atoms with van der Waals surface area (Å²) in [7, 11) is -4.12. The van der Waals surface area contributed by atoms with E-state index in [1.807, 2.05) is 30.3 Å². The maximum atomic E-state index is 12.9. The third kappa shape index (κ3) is 4.28. The third-order valence-electron chi connectivity index (χ3n) is 4.55. The number of carbonyl (C=O) groups is 1. The molecule has 6 nitrogen and oxygen atoms in total. The van der Waals surface area contributed by atoms with Gasteiger partial charge in [0.25, 0.3) is 0 Å². The van der Waals surface area contributed by atoms with E-state index in [9.17, 15) is 13.2 Å².